The van der Waals surface area contributed by atoms with Crippen molar-refractivity contribution in [1.82, 2.24) is 4.98 Å². The van der Waals surface area contributed by atoms with Crippen molar-refractivity contribution < 1.29 is 9.47 Å². The number of methoxy groups -OCH3 is 2. The molecular weight excluding hydrogens is 238 g/mol. The van der Waals surface area contributed by atoms with Crippen molar-refractivity contribution in [2.24, 2.45) is 0 Å². The van der Waals surface area contributed by atoms with Crippen LogP contribution >= 0.6 is 0 Å². The van der Waals surface area contributed by atoms with Crippen LogP contribution in [0.1, 0.15) is 0 Å². The van der Waals surface area contributed by atoms with Crippen molar-refractivity contribution in [2.45, 2.75) is 0 Å². The third-order valence-electron chi connectivity index (χ3n) is 3.29. The molecule has 0 aliphatic rings. The zero-order valence-electron chi connectivity index (χ0n) is 10.9. The number of aromatic nitrogens is 1. The summed E-state index contributed by atoms with van der Waals surface area (Å²) in [5.41, 5.74) is 3.43. The molecule has 0 aliphatic heterocycles. The van der Waals surface area contributed by atoms with Crippen LogP contribution in [0, 0.1) is 0 Å². The fourth-order valence-electron chi connectivity index (χ4n) is 2.34. The number of fused-ring (bicyclic) bond motifs is 1. The number of rotatable bonds is 3. The molecule has 0 radical (unpaired) electrons. The zero-order chi connectivity index (χ0) is 13.2. The summed E-state index contributed by atoms with van der Waals surface area (Å²) in [6, 6.07) is 14.3. The Bertz CT molecular complexity index is 716. The summed E-state index contributed by atoms with van der Waals surface area (Å²) in [6.45, 7) is 0. The van der Waals surface area contributed by atoms with Crippen LogP contribution in [0.15, 0.2) is 48.7 Å². The molecule has 0 amide bonds. The molecule has 1 aromatic heterocycles. The van der Waals surface area contributed by atoms with Gasteiger partial charge in [-0.05, 0) is 35.4 Å². The first-order valence-corrected chi connectivity index (χ1v) is 6.12. The summed E-state index contributed by atoms with van der Waals surface area (Å²) in [7, 11) is 3.29. The van der Waals surface area contributed by atoms with Gasteiger partial charge in [0.15, 0.2) is 11.5 Å². The minimum atomic E-state index is 0.743. The summed E-state index contributed by atoms with van der Waals surface area (Å²) >= 11 is 0. The van der Waals surface area contributed by atoms with E-state index < -0.39 is 0 Å². The van der Waals surface area contributed by atoms with Crippen LogP contribution in [0.25, 0.3) is 22.0 Å². The molecule has 3 nitrogen and oxygen atoms in total. The van der Waals surface area contributed by atoms with Gasteiger partial charge in [-0.2, -0.15) is 0 Å². The average molecular weight is 253 g/mol. The molecule has 3 heteroatoms. The van der Waals surface area contributed by atoms with Crippen LogP contribution in [-0.2, 0) is 0 Å². The Morgan fingerprint density at radius 3 is 2.53 bits per heavy atom. The number of aromatic amines is 1. The van der Waals surface area contributed by atoms with Crippen LogP contribution in [0.3, 0.4) is 0 Å². The summed E-state index contributed by atoms with van der Waals surface area (Å²) in [5, 5.41) is 1.20. The molecule has 3 rings (SSSR count). The highest BCUT2D eigenvalue weighted by Crippen LogP contribution is 2.35. The first-order valence-electron chi connectivity index (χ1n) is 6.12. The van der Waals surface area contributed by atoms with Gasteiger partial charge in [0.1, 0.15) is 0 Å². The van der Waals surface area contributed by atoms with E-state index >= 15 is 0 Å². The summed E-state index contributed by atoms with van der Waals surface area (Å²) in [4.78, 5) is 3.22. The van der Waals surface area contributed by atoms with E-state index in [4.69, 9.17) is 9.47 Å². The van der Waals surface area contributed by atoms with Gasteiger partial charge in [0, 0.05) is 17.1 Å². The lowest BCUT2D eigenvalue weighted by Crippen LogP contribution is -1.91. The van der Waals surface area contributed by atoms with E-state index in [1.807, 2.05) is 30.5 Å². The molecule has 1 N–H and O–H groups in total. The van der Waals surface area contributed by atoms with Crippen LogP contribution in [0.5, 0.6) is 11.5 Å². The maximum Gasteiger partial charge on any atom is 0.161 e. The lowest BCUT2D eigenvalue weighted by atomic mass is 10.0. The maximum atomic E-state index is 5.36. The van der Waals surface area contributed by atoms with Crippen LogP contribution < -0.4 is 9.47 Å². The van der Waals surface area contributed by atoms with E-state index in [0.29, 0.717) is 0 Å². The number of benzene rings is 2. The predicted octanol–water partition coefficient (Wildman–Crippen LogP) is 3.85. The minimum Gasteiger partial charge on any atom is -0.493 e. The molecule has 0 aliphatic carbocycles. The van der Waals surface area contributed by atoms with Crippen LogP contribution in [-0.4, -0.2) is 19.2 Å². The number of ether oxygens (including phenoxy) is 2. The van der Waals surface area contributed by atoms with E-state index in [1.54, 1.807) is 14.2 Å². The normalized spacial score (nSPS) is 10.6. The standard InChI is InChI=1S/C16H15NO2/c1-18-15-7-6-11(10-16(15)19-2)12-4-3-5-14-13(12)8-9-17-14/h3-10,17H,1-2H3. The Labute approximate surface area is 111 Å². The van der Waals surface area contributed by atoms with Crippen molar-refractivity contribution in [2.75, 3.05) is 14.2 Å². The Kier molecular flexibility index (Phi) is 2.88. The van der Waals surface area contributed by atoms with Crippen molar-refractivity contribution in [3.05, 3.63) is 48.7 Å². The largest absolute Gasteiger partial charge is 0.493 e. The highest BCUT2D eigenvalue weighted by molar-refractivity contribution is 5.95. The third kappa shape index (κ3) is 1.93. The SMILES string of the molecule is COc1ccc(-c2cccc3[nH]ccc23)cc1OC. The first-order chi connectivity index (χ1) is 9.33. The van der Waals surface area contributed by atoms with Gasteiger partial charge in [-0.3, -0.25) is 0 Å². The maximum absolute atomic E-state index is 5.36. The molecule has 0 saturated heterocycles. The molecular formula is C16H15NO2. The van der Waals surface area contributed by atoms with Gasteiger partial charge in [-0.1, -0.05) is 18.2 Å². The summed E-state index contributed by atoms with van der Waals surface area (Å²) < 4.78 is 10.6. The van der Waals surface area contributed by atoms with Crippen molar-refractivity contribution in [3.8, 4) is 22.6 Å². The second-order valence-electron chi connectivity index (χ2n) is 4.31. The number of H-pyrrole nitrogens is 1. The van der Waals surface area contributed by atoms with E-state index in [1.165, 1.54) is 10.9 Å². The smallest absolute Gasteiger partial charge is 0.161 e. The van der Waals surface area contributed by atoms with E-state index in [9.17, 15) is 0 Å². The monoisotopic (exact) mass is 253 g/mol. The second kappa shape index (κ2) is 4.69. The molecule has 0 bridgehead atoms. The minimum absolute atomic E-state index is 0.743. The van der Waals surface area contributed by atoms with Crippen molar-refractivity contribution in [1.29, 1.82) is 0 Å². The quantitative estimate of drug-likeness (QED) is 0.769. The fraction of sp³-hybridized carbons (Fsp3) is 0.125. The highest BCUT2D eigenvalue weighted by Gasteiger charge is 2.08. The molecule has 96 valence electrons. The second-order valence-corrected chi connectivity index (χ2v) is 4.31. The summed E-state index contributed by atoms with van der Waals surface area (Å²) in [5.74, 6) is 1.49. The van der Waals surface area contributed by atoms with E-state index in [0.717, 1.165) is 22.6 Å². The van der Waals surface area contributed by atoms with Crippen LogP contribution in [0.2, 0.25) is 0 Å². The topological polar surface area (TPSA) is 34.2 Å². The summed E-state index contributed by atoms with van der Waals surface area (Å²) in [6.07, 6.45) is 1.95. The Balaban J connectivity index is 2.19. The van der Waals surface area contributed by atoms with Gasteiger partial charge >= 0.3 is 0 Å². The van der Waals surface area contributed by atoms with Gasteiger partial charge in [0.2, 0.25) is 0 Å². The van der Waals surface area contributed by atoms with Crippen molar-refractivity contribution in [3.63, 3.8) is 0 Å². The Morgan fingerprint density at radius 2 is 1.74 bits per heavy atom. The Morgan fingerprint density at radius 1 is 0.895 bits per heavy atom. The average Bonchev–Trinajstić information content (AvgIpc) is 2.94. The Hall–Kier alpha value is -2.42. The molecule has 0 atom stereocenters. The molecule has 3 aromatic rings. The number of hydrogen-bond acceptors (Lipinski definition) is 2. The van der Waals surface area contributed by atoms with E-state index in [-0.39, 0.29) is 0 Å². The molecule has 0 unspecified atom stereocenters. The van der Waals surface area contributed by atoms with E-state index in [2.05, 4.69) is 23.2 Å². The molecule has 2 aromatic carbocycles. The molecule has 0 fully saturated rings. The van der Waals surface area contributed by atoms with Crippen molar-refractivity contribution >= 4 is 10.9 Å². The predicted molar refractivity (Wildman–Crippen MR) is 76.8 cm³/mol. The highest BCUT2D eigenvalue weighted by atomic mass is 16.5. The number of nitrogens with one attached hydrogen (secondary N) is 1. The number of hydrogen-bond donors (Lipinski definition) is 1. The van der Waals surface area contributed by atoms with Gasteiger partial charge in [-0.15, -0.1) is 0 Å². The molecule has 0 saturated carbocycles. The lowest BCUT2D eigenvalue weighted by Gasteiger charge is -2.10. The molecule has 19 heavy (non-hydrogen) atoms. The van der Waals surface area contributed by atoms with Gasteiger partial charge in [0.05, 0.1) is 14.2 Å². The van der Waals surface area contributed by atoms with Crippen LogP contribution in [0.4, 0.5) is 0 Å². The fourth-order valence-corrected chi connectivity index (χ4v) is 2.34. The van der Waals surface area contributed by atoms with Gasteiger partial charge in [0.25, 0.3) is 0 Å². The van der Waals surface area contributed by atoms with Gasteiger partial charge < -0.3 is 14.5 Å². The lowest BCUT2D eigenvalue weighted by molar-refractivity contribution is 0.355. The molecule has 0 spiro atoms. The zero-order valence-corrected chi connectivity index (χ0v) is 10.9. The van der Waals surface area contributed by atoms with Gasteiger partial charge in [-0.25, -0.2) is 0 Å². The molecule has 1 heterocycles. The first kappa shape index (κ1) is 11.7. The third-order valence-corrected chi connectivity index (χ3v) is 3.29.